The molecule has 2 rings (SSSR count). The number of nitrogens with zero attached hydrogens (tertiary/aromatic N) is 2. The lowest BCUT2D eigenvalue weighted by molar-refractivity contribution is 0.520. The first-order valence-electron chi connectivity index (χ1n) is 6.43. The summed E-state index contributed by atoms with van der Waals surface area (Å²) in [7, 11) is 0. The van der Waals surface area contributed by atoms with Gasteiger partial charge in [0.15, 0.2) is 0 Å². The van der Waals surface area contributed by atoms with Crippen LogP contribution >= 0.6 is 0 Å². The second-order valence-corrected chi connectivity index (χ2v) is 4.61. The van der Waals surface area contributed by atoms with Crippen molar-refractivity contribution in [3.05, 3.63) is 53.6 Å². The number of hydrogen-bond donors (Lipinski definition) is 2. The maximum absolute atomic E-state index is 13.1. The summed E-state index contributed by atoms with van der Waals surface area (Å²) in [5.41, 5.74) is 4.85. The second-order valence-electron chi connectivity index (χ2n) is 4.61. The molecule has 0 aliphatic carbocycles. The Morgan fingerprint density at radius 3 is 2.79 bits per heavy atom. The number of nitrogens with two attached hydrogens (primary N) is 1. The van der Waals surface area contributed by atoms with Gasteiger partial charge in [-0.1, -0.05) is 12.1 Å². The fraction of sp³-hybridized carbons (Fsp3) is 0.357. The average molecular weight is 262 g/mol. The molecule has 5 heteroatoms. The Morgan fingerprint density at radius 2 is 2.16 bits per heavy atom. The van der Waals surface area contributed by atoms with Crippen LogP contribution in [0.2, 0.25) is 0 Å². The van der Waals surface area contributed by atoms with Crippen molar-refractivity contribution in [2.45, 2.75) is 32.4 Å². The molecule has 0 amide bonds. The predicted molar refractivity (Wildman–Crippen MR) is 72.8 cm³/mol. The van der Waals surface area contributed by atoms with Gasteiger partial charge in [-0.15, -0.1) is 0 Å². The standard InChI is InChI=1S/C14H19FN4/c1-2-19-10-12(9-17-19)8-14(18-16)7-11-4-3-5-13(15)6-11/h3-6,9-10,14,18H,2,7-8,16H2,1H3. The van der Waals surface area contributed by atoms with Gasteiger partial charge >= 0.3 is 0 Å². The van der Waals surface area contributed by atoms with E-state index in [1.807, 2.05) is 30.1 Å². The molecule has 1 unspecified atom stereocenters. The summed E-state index contributed by atoms with van der Waals surface area (Å²) in [4.78, 5) is 0. The molecule has 0 spiro atoms. The highest BCUT2D eigenvalue weighted by molar-refractivity contribution is 5.18. The van der Waals surface area contributed by atoms with E-state index in [2.05, 4.69) is 10.5 Å². The summed E-state index contributed by atoms with van der Waals surface area (Å²) < 4.78 is 15.0. The highest BCUT2D eigenvalue weighted by Gasteiger charge is 2.10. The van der Waals surface area contributed by atoms with Crippen molar-refractivity contribution < 1.29 is 4.39 Å². The fourth-order valence-corrected chi connectivity index (χ4v) is 2.11. The van der Waals surface area contributed by atoms with E-state index in [-0.39, 0.29) is 11.9 Å². The van der Waals surface area contributed by atoms with Gasteiger partial charge in [-0.05, 0) is 43.0 Å². The topological polar surface area (TPSA) is 55.9 Å². The Bertz CT molecular complexity index is 524. The van der Waals surface area contributed by atoms with Crippen LogP contribution in [-0.2, 0) is 19.4 Å². The molecule has 1 aromatic heterocycles. The van der Waals surface area contributed by atoms with Crippen molar-refractivity contribution >= 4 is 0 Å². The van der Waals surface area contributed by atoms with Crippen LogP contribution in [0.1, 0.15) is 18.1 Å². The average Bonchev–Trinajstić information content (AvgIpc) is 2.85. The summed E-state index contributed by atoms with van der Waals surface area (Å²) in [5.74, 6) is 5.36. The molecule has 1 aromatic carbocycles. The third-order valence-electron chi connectivity index (χ3n) is 3.10. The van der Waals surface area contributed by atoms with Gasteiger partial charge in [0.05, 0.1) is 6.20 Å². The zero-order chi connectivity index (χ0) is 13.7. The molecule has 0 saturated carbocycles. The van der Waals surface area contributed by atoms with Crippen LogP contribution in [0.25, 0.3) is 0 Å². The number of aromatic nitrogens is 2. The van der Waals surface area contributed by atoms with Crippen LogP contribution in [0, 0.1) is 5.82 Å². The van der Waals surface area contributed by atoms with E-state index >= 15 is 0 Å². The molecule has 0 aliphatic rings. The molecule has 102 valence electrons. The maximum atomic E-state index is 13.1. The summed E-state index contributed by atoms with van der Waals surface area (Å²) >= 11 is 0. The van der Waals surface area contributed by atoms with Crippen molar-refractivity contribution in [2.75, 3.05) is 0 Å². The maximum Gasteiger partial charge on any atom is 0.123 e. The lowest BCUT2D eigenvalue weighted by Crippen LogP contribution is -2.38. The molecule has 0 aliphatic heterocycles. The molecule has 4 nitrogen and oxygen atoms in total. The number of benzene rings is 1. The Morgan fingerprint density at radius 1 is 1.37 bits per heavy atom. The van der Waals surface area contributed by atoms with Gasteiger partial charge in [0.1, 0.15) is 5.82 Å². The Labute approximate surface area is 112 Å². The second kappa shape index (κ2) is 6.45. The normalized spacial score (nSPS) is 12.6. The summed E-state index contributed by atoms with van der Waals surface area (Å²) in [6, 6.07) is 6.67. The molecule has 0 saturated heterocycles. The highest BCUT2D eigenvalue weighted by Crippen LogP contribution is 2.10. The number of nitrogens with one attached hydrogen (secondary N) is 1. The molecule has 0 radical (unpaired) electrons. The van der Waals surface area contributed by atoms with Crippen LogP contribution in [0.15, 0.2) is 36.7 Å². The molecule has 0 fully saturated rings. The molecule has 1 heterocycles. The van der Waals surface area contributed by atoms with Gasteiger partial charge in [-0.25, -0.2) is 4.39 Å². The molecular formula is C14H19FN4. The first-order chi connectivity index (χ1) is 9.21. The van der Waals surface area contributed by atoms with Crippen LogP contribution in [0.4, 0.5) is 4.39 Å². The largest absolute Gasteiger partial charge is 0.273 e. The smallest absolute Gasteiger partial charge is 0.123 e. The molecule has 3 N–H and O–H groups in total. The molecule has 1 atom stereocenters. The van der Waals surface area contributed by atoms with Gasteiger partial charge in [0.25, 0.3) is 0 Å². The molecule has 2 aromatic rings. The number of aryl methyl sites for hydroxylation is 1. The van der Waals surface area contributed by atoms with E-state index in [4.69, 9.17) is 5.84 Å². The summed E-state index contributed by atoms with van der Waals surface area (Å²) in [6.45, 7) is 2.90. The van der Waals surface area contributed by atoms with Gasteiger partial charge in [-0.3, -0.25) is 16.0 Å². The van der Waals surface area contributed by atoms with Gasteiger partial charge in [0.2, 0.25) is 0 Å². The van der Waals surface area contributed by atoms with Gasteiger partial charge in [0, 0.05) is 18.8 Å². The zero-order valence-electron chi connectivity index (χ0n) is 11.0. The van der Waals surface area contributed by atoms with E-state index < -0.39 is 0 Å². The van der Waals surface area contributed by atoms with E-state index in [9.17, 15) is 4.39 Å². The van der Waals surface area contributed by atoms with Gasteiger partial charge in [-0.2, -0.15) is 5.10 Å². The summed E-state index contributed by atoms with van der Waals surface area (Å²) in [6.07, 6.45) is 5.31. The van der Waals surface area contributed by atoms with Crippen molar-refractivity contribution in [3.8, 4) is 0 Å². The fourth-order valence-electron chi connectivity index (χ4n) is 2.11. The number of hydrazine groups is 1. The Hall–Kier alpha value is -1.72. The minimum absolute atomic E-state index is 0.0660. The first-order valence-corrected chi connectivity index (χ1v) is 6.43. The van der Waals surface area contributed by atoms with E-state index in [0.29, 0.717) is 6.42 Å². The third-order valence-corrected chi connectivity index (χ3v) is 3.10. The Balaban J connectivity index is 2.00. The molecule has 19 heavy (non-hydrogen) atoms. The van der Waals surface area contributed by atoms with Crippen LogP contribution in [-0.4, -0.2) is 15.8 Å². The molecule has 0 bridgehead atoms. The SMILES string of the molecule is CCn1cc(CC(Cc2cccc(F)c2)NN)cn1. The quantitative estimate of drug-likeness (QED) is 0.615. The van der Waals surface area contributed by atoms with Crippen LogP contribution < -0.4 is 11.3 Å². The number of hydrogen-bond acceptors (Lipinski definition) is 3. The van der Waals surface area contributed by atoms with Crippen LogP contribution in [0.3, 0.4) is 0 Å². The van der Waals surface area contributed by atoms with Gasteiger partial charge < -0.3 is 0 Å². The number of halogens is 1. The molecular weight excluding hydrogens is 243 g/mol. The van der Waals surface area contributed by atoms with Crippen molar-refractivity contribution in [1.29, 1.82) is 0 Å². The first kappa shape index (κ1) is 13.7. The third kappa shape index (κ3) is 3.87. The van der Waals surface area contributed by atoms with Crippen molar-refractivity contribution in [3.63, 3.8) is 0 Å². The minimum atomic E-state index is -0.216. The minimum Gasteiger partial charge on any atom is -0.273 e. The summed E-state index contributed by atoms with van der Waals surface area (Å²) in [5, 5.41) is 4.23. The Kier molecular flexibility index (Phi) is 4.65. The van der Waals surface area contributed by atoms with E-state index in [0.717, 1.165) is 24.1 Å². The monoisotopic (exact) mass is 262 g/mol. The van der Waals surface area contributed by atoms with Crippen molar-refractivity contribution in [1.82, 2.24) is 15.2 Å². The predicted octanol–water partition coefficient (Wildman–Crippen LogP) is 1.66. The lowest BCUT2D eigenvalue weighted by atomic mass is 10.0. The lowest BCUT2D eigenvalue weighted by Gasteiger charge is -2.15. The highest BCUT2D eigenvalue weighted by atomic mass is 19.1. The van der Waals surface area contributed by atoms with Crippen LogP contribution in [0.5, 0.6) is 0 Å². The number of rotatable bonds is 6. The zero-order valence-corrected chi connectivity index (χ0v) is 11.0. The van der Waals surface area contributed by atoms with E-state index in [1.165, 1.54) is 6.07 Å². The van der Waals surface area contributed by atoms with E-state index in [1.54, 1.807) is 12.1 Å². The van der Waals surface area contributed by atoms with Crippen molar-refractivity contribution in [2.24, 2.45) is 5.84 Å².